The van der Waals surface area contributed by atoms with E-state index in [1.807, 2.05) is 39.2 Å². The molecule has 130 valence electrons. The smallest absolute Gasteiger partial charge is 0.315 e. The minimum absolute atomic E-state index is 0.0994. The minimum atomic E-state index is -0.0994. The van der Waals surface area contributed by atoms with Gasteiger partial charge in [0.25, 0.3) is 0 Å². The second kappa shape index (κ2) is 9.45. The molecule has 1 aromatic carbocycles. The Hall–Kier alpha value is -1.85. The highest BCUT2D eigenvalue weighted by Gasteiger charge is 2.14. The molecule has 5 heteroatoms. The summed E-state index contributed by atoms with van der Waals surface area (Å²) in [7, 11) is 4.10. The fourth-order valence-corrected chi connectivity index (χ4v) is 3.30. The van der Waals surface area contributed by atoms with Gasteiger partial charge in [0.2, 0.25) is 0 Å². The van der Waals surface area contributed by atoms with Crippen LogP contribution in [0.5, 0.6) is 0 Å². The van der Waals surface area contributed by atoms with Crippen LogP contribution in [-0.2, 0) is 12.8 Å². The van der Waals surface area contributed by atoms with Gasteiger partial charge in [-0.3, -0.25) is 0 Å². The number of urea groups is 1. The molecule has 4 nitrogen and oxygen atoms in total. The number of amides is 2. The average molecular weight is 346 g/mol. The standard InChI is InChI=1S/C19H27N3OS/c1-15(11-17-9-10-24-14-17)21-19(23)20-13-18(22(2)3)12-16-7-5-4-6-8-16/h4-10,14-15,18H,11-13H2,1-3H3,(H2,20,21,23)/t15-,18-/m1/s1. The number of benzene rings is 1. The molecule has 24 heavy (non-hydrogen) atoms. The van der Waals surface area contributed by atoms with Gasteiger partial charge in [0.15, 0.2) is 0 Å². The van der Waals surface area contributed by atoms with E-state index < -0.39 is 0 Å². The van der Waals surface area contributed by atoms with Gasteiger partial charge < -0.3 is 15.5 Å². The molecule has 0 saturated heterocycles. The topological polar surface area (TPSA) is 44.4 Å². The monoisotopic (exact) mass is 345 g/mol. The van der Waals surface area contributed by atoms with E-state index in [0.717, 1.165) is 12.8 Å². The highest BCUT2D eigenvalue weighted by atomic mass is 32.1. The van der Waals surface area contributed by atoms with Crippen LogP contribution in [0, 0.1) is 0 Å². The van der Waals surface area contributed by atoms with E-state index in [1.54, 1.807) is 11.3 Å². The SMILES string of the molecule is C[C@H](Cc1ccsc1)NC(=O)NC[C@@H](Cc1ccccc1)N(C)C. The average Bonchev–Trinajstić information content (AvgIpc) is 3.04. The van der Waals surface area contributed by atoms with Crippen molar-refractivity contribution in [3.63, 3.8) is 0 Å². The molecule has 2 N–H and O–H groups in total. The first-order valence-corrected chi connectivity index (χ1v) is 9.24. The van der Waals surface area contributed by atoms with Gasteiger partial charge in [-0.2, -0.15) is 11.3 Å². The third kappa shape index (κ3) is 6.34. The van der Waals surface area contributed by atoms with Crippen molar-refractivity contribution in [1.82, 2.24) is 15.5 Å². The fraction of sp³-hybridized carbons (Fsp3) is 0.421. The summed E-state index contributed by atoms with van der Waals surface area (Å²) in [5.74, 6) is 0. The van der Waals surface area contributed by atoms with Gasteiger partial charge in [-0.25, -0.2) is 4.79 Å². The lowest BCUT2D eigenvalue weighted by Gasteiger charge is -2.25. The van der Waals surface area contributed by atoms with Crippen LogP contribution in [0.1, 0.15) is 18.1 Å². The van der Waals surface area contributed by atoms with Crippen molar-refractivity contribution >= 4 is 17.4 Å². The second-order valence-electron chi connectivity index (χ2n) is 6.40. The van der Waals surface area contributed by atoms with Crippen LogP contribution in [0.4, 0.5) is 4.79 Å². The molecule has 0 fully saturated rings. The highest BCUT2D eigenvalue weighted by Crippen LogP contribution is 2.09. The summed E-state index contributed by atoms with van der Waals surface area (Å²) in [4.78, 5) is 14.3. The van der Waals surface area contributed by atoms with Crippen LogP contribution >= 0.6 is 11.3 Å². The Bertz CT molecular complexity index is 598. The quantitative estimate of drug-likeness (QED) is 0.772. The lowest BCUT2D eigenvalue weighted by Crippen LogP contribution is -2.47. The first-order valence-electron chi connectivity index (χ1n) is 8.30. The molecule has 2 aromatic rings. The van der Waals surface area contributed by atoms with Gasteiger partial charge in [-0.15, -0.1) is 0 Å². The molecule has 0 saturated carbocycles. The third-order valence-corrected chi connectivity index (χ3v) is 4.77. The van der Waals surface area contributed by atoms with Crippen LogP contribution in [-0.4, -0.2) is 43.7 Å². The van der Waals surface area contributed by atoms with E-state index >= 15 is 0 Å². The number of carbonyl (C=O) groups excluding carboxylic acids is 1. The molecule has 2 atom stereocenters. The Morgan fingerprint density at radius 2 is 1.88 bits per heavy atom. The van der Waals surface area contributed by atoms with Gasteiger partial charge >= 0.3 is 6.03 Å². The number of carbonyl (C=O) groups is 1. The van der Waals surface area contributed by atoms with Crippen molar-refractivity contribution in [3.8, 4) is 0 Å². The number of nitrogens with one attached hydrogen (secondary N) is 2. The summed E-state index contributed by atoms with van der Waals surface area (Å²) >= 11 is 1.68. The maximum absolute atomic E-state index is 12.1. The number of nitrogens with zero attached hydrogens (tertiary/aromatic N) is 1. The van der Waals surface area contributed by atoms with Crippen molar-refractivity contribution in [3.05, 3.63) is 58.3 Å². The van der Waals surface area contributed by atoms with Crippen LogP contribution in [0.3, 0.4) is 0 Å². The number of hydrogen-bond donors (Lipinski definition) is 2. The predicted molar refractivity (Wildman–Crippen MR) is 102 cm³/mol. The Labute approximate surface area is 148 Å². The van der Waals surface area contributed by atoms with Crippen LogP contribution in [0.15, 0.2) is 47.2 Å². The van der Waals surface area contributed by atoms with E-state index in [0.29, 0.717) is 6.54 Å². The fourth-order valence-electron chi connectivity index (χ4n) is 2.62. The maximum atomic E-state index is 12.1. The zero-order valence-electron chi connectivity index (χ0n) is 14.7. The molecular weight excluding hydrogens is 318 g/mol. The molecule has 0 spiro atoms. The van der Waals surface area contributed by atoms with Crippen LogP contribution in [0.25, 0.3) is 0 Å². The lowest BCUT2D eigenvalue weighted by atomic mass is 10.1. The van der Waals surface area contributed by atoms with Gasteiger partial charge in [-0.05, 0) is 61.8 Å². The van der Waals surface area contributed by atoms with Crippen molar-refractivity contribution < 1.29 is 4.79 Å². The molecule has 0 aliphatic carbocycles. The van der Waals surface area contributed by atoms with Gasteiger partial charge in [0.1, 0.15) is 0 Å². The van der Waals surface area contributed by atoms with Crippen LogP contribution < -0.4 is 10.6 Å². The number of thiophene rings is 1. The van der Waals surface area contributed by atoms with E-state index in [1.165, 1.54) is 11.1 Å². The predicted octanol–water partition coefficient (Wildman–Crippen LogP) is 3.15. The molecule has 1 heterocycles. The summed E-state index contributed by atoms with van der Waals surface area (Å²) in [6.45, 7) is 2.66. The molecule has 2 amide bonds. The van der Waals surface area contributed by atoms with Gasteiger partial charge in [-0.1, -0.05) is 30.3 Å². The zero-order valence-corrected chi connectivity index (χ0v) is 15.5. The number of rotatable bonds is 8. The summed E-state index contributed by atoms with van der Waals surface area (Å²) < 4.78 is 0. The Balaban J connectivity index is 1.77. The van der Waals surface area contributed by atoms with Crippen LogP contribution in [0.2, 0.25) is 0 Å². The van der Waals surface area contributed by atoms with Crippen molar-refractivity contribution in [2.24, 2.45) is 0 Å². The Morgan fingerprint density at radius 3 is 2.50 bits per heavy atom. The van der Waals surface area contributed by atoms with E-state index in [4.69, 9.17) is 0 Å². The Kier molecular flexibility index (Phi) is 7.28. The summed E-state index contributed by atoms with van der Waals surface area (Å²) in [5.41, 5.74) is 2.55. The normalized spacial score (nSPS) is 13.5. The number of likely N-dealkylation sites (N-methyl/N-ethyl adjacent to an activating group) is 1. The van der Waals surface area contributed by atoms with E-state index in [9.17, 15) is 4.79 Å². The molecule has 1 aromatic heterocycles. The van der Waals surface area contributed by atoms with Crippen molar-refractivity contribution in [2.75, 3.05) is 20.6 Å². The molecular formula is C19H27N3OS. The molecule has 0 aliphatic rings. The molecule has 2 rings (SSSR count). The summed E-state index contributed by atoms with van der Waals surface area (Å²) in [6, 6.07) is 12.8. The first kappa shape index (κ1) is 18.5. The van der Waals surface area contributed by atoms with Gasteiger partial charge in [0.05, 0.1) is 0 Å². The summed E-state index contributed by atoms with van der Waals surface area (Å²) in [6.07, 6.45) is 1.77. The molecule has 0 radical (unpaired) electrons. The highest BCUT2D eigenvalue weighted by molar-refractivity contribution is 7.07. The maximum Gasteiger partial charge on any atom is 0.315 e. The Morgan fingerprint density at radius 1 is 1.12 bits per heavy atom. The van der Waals surface area contributed by atoms with E-state index in [2.05, 4.69) is 44.5 Å². The minimum Gasteiger partial charge on any atom is -0.337 e. The van der Waals surface area contributed by atoms with E-state index in [-0.39, 0.29) is 18.1 Å². The first-order chi connectivity index (χ1) is 11.5. The molecule has 0 unspecified atom stereocenters. The van der Waals surface area contributed by atoms with Crippen molar-refractivity contribution in [2.45, 2.75) is 31.8 Å². The van der Waals surface area contributed by atoms with Gasteiger partial charge in [0, 0.05) is 18.6 Å². The largest absolute Gasteiger partial charge is 0.337 e. The third-order valence-electron chi connectivity index (χ3n) is 4.04. The lowest BCUT2D eigenvalue weighted by molar-refractivity contribution is 0.229. The second-order valence-corrected chi connectivity index (χ2v) is 7.18. The summed E-state index contributed by atoms with van der Waals surface area (Å²) in [5, 5.41) is 10.2. The molecule has 0 bridgehead atoms. The zero-order chi connectivity index (χ0) is 17.4. The molecule has 0 aliphatic heterocycles. The van der Waals surface area contributed by atoms with Crippen molar-refractivity contribution in [1.29, 1.82) is 0 Å². The number of hydrogen-bond acceptors (Lipinski definition) is 3.